The third-order valence-electron chi connectivity index (χ3n) is 2.99. The van der Waals surface area contributed by atoms with Crippen molar-refractivity contribution >= 4 is 16.0 Å². The van der Waals surface area contributed by atoms with Crippen LogP contribution < -0.4 is 0 Å². The smallest absolute Gasteiger partial charge is 0.321 e. The molecular formula is C13H17NO5S. The van der Waals surface area contributed by atoms with Crippen LogP contribution in [0, 0.1) is 0 Å². The summed E-state index contributed by atoms with van der Waals surface area (Å²) in [5, 5.41) is 9.22. The van der Waals surface area contributed by atoms with E-state index in [4.69, 9.17) is 4.74 Å². The number of rotatable bonds is 6. The molecule has 0 unspecified atom stereocenters. The molecule has 0 atom stereocenters. The molecule has 1 aliphatic rings. The second-order valence-electron chi connectivity index (χ2n) is 4.58. The number of hydrogen-bond acceptors (Lipinski definition) is 5. The molecule has 20 heavy (non-hydrogen) atoms. The van der Waals surface area contributed by atoms with Gasteiger partial charge in [0.25, 0.3) is 0 Å². The van der Waals surface area contributed by atoms with E-state index in [2.05, 4.69) is 0 Å². The van der Waals surface area contributed by atoms with E-state index < -0.39 is 16.0 Å². The average Bonchev–Trinajstić information content (AvgIpc) is 3.21. The normalized spacial score (nSPS) is 15.3. The summed E-state index contributed by atoms with van der Waals surface area (Å²) in [5.74, 6) is -0.561. The van der Waals surface area contributed by atoms with Crippen molar-refractivity contribution in [3.8, 4) is 5.75 Å². The van der Waals surface area contributed by atoms with Crippen molar-refractivity contribution in [2.45, 2.75) is 30.7 Å². The first-order valence-corrected chi connectivity index (χ1v) is 7.85. The Hall–Kier alpha value is -1.60. The highest BCUT2D eigenvalue weighted by Gasteiger charge is 2.39. The van der Waals surface area contributed by atoms with E-state index in [0.29, 0.717) is 0 Å². The van der Waals surface area contributed by atoms with Crippen LogP contribution in [-0.2, 0) is 19.6 Å². The summed E-state index contributed by atoms with van der Waals surface area (Å²) in [6, 6.07) is 5.12. The number of phenolic OH excluding ortho intramolecular Hbond substituents is 1. The van der Waals surface area contributed by atoms with Gasteiger partial charge in [-0.3, -0.25) is 4.79 Å². The van der Waals surface area contributed by atoms with E-state index in [1.54, 1.807) is 6.92 Å². The van der Waals surface area contributed by atoms with Gasteiger partial charge in [0.15, 0.2) is 0 Å². The van der Waals surface area contributed by atoms with Crippen LogP contribution in [0.4, 0.5) is 0 Å². The van der Waals surface area contributed by atoms with Crippen LogP contribution in [-0.4, -0.2) is 43.0 Å². The van der Waals surface area contributed by atoms with E-state index in [0.717, 1.165) is 12.8 Å². The molecule has 1 saturated carbocycles. The molecule has 0 amide bonds. The van der Waals surface area contributed by atoms with Crippen molar-refractivity contribution in [3.63, 3.8) is 0 Å². The first-order chi connectivity index (χ1) is 9.45. The lowest BCUT2D eigenvalue weighted by atomic mass is 10.3. The SMILES string of the molecule is CCOC(=O)CN(C1CC1)S(=O)(=O)c1ccc(O)cc1. The second kappa shape index (κ2) is 5.80. The molecule has 1 fully saturated rings. The van der Waals surface area contributed by atoms with Crippen molar-refractivity contribution in [2.24, 2.45) is 0 Å². The molecule has 1 N–H and O–H groups in total. The van der Waals surface area contributed by atoms with Gasteiger partial charge in [0.1, 0.15) is 12.3 Å². The van der Waals surface area contributed by atoms with Crippen LogP contribution in [0.3, 0.4) is 0 Å². The minimum absolute atomic E-state index is 0.00712. The van der Waals surface area contributed by atoms with Gasteiger partial charge in [-0.2, -0.15) is 4.31 Å². The van der Waals surface area contributed by atoms with Crippen LogP contribution in [0.2, 0.25) is 0 Å². The number of carbonyl (C=O) groups is 1. The summed E-state index contributed by atoms with van der Waals surface area (Å²) >= 11 is 0. The molecule has 0 spiro atoms. The molecule has 0 saturated heterocycles. The van der Waals surface area contributed by atoms with E-state index >= 15 is 0 Å². The molecule has 0 radical (unpaired) electrons. The maximum Gasteiger partial charge on any atom is 0.321 e. The zero-order valence-corrected chi connectivity index (χ0v) is 12.0. The van der Waals surface area contributed by atoms with Crippen molar-refractivity contribution in [1.29, 1.82) is 0 Å². The molecule has 1 aromatic rings. The van der Waals surface area contributed by atoms with E-state index in [1.165, 1.54) is 28.6 Å². The molecule has 110 valence electrons. The Morgan fingerprint density at radius 2 is 1.95 bits per heavy atom. The molecule has 0 bridgehead atoms. The van der Waals surface area contributed by atoms with Crippen LogP contribution >= 0.6 is 0 Å². The second-order valence-corrected chi connectivity index (χ2v) is 6.47. The Kier molecular flexibility index (Phi) is 4.29. The standard InChI is InChI=1S/C13H17NO5S/c1-2-19-13(16)9-14(10-3-4-10)20(17,18)12-7-5-11(15)6-8-12/h5-8,10,15H,2-4,9H2,1H3. The van der Waals surface area contributed by atoms with E-state index in [1.807, 2.05) is 0 Å². The zero-order valence-electron chi connectivity index (χ0n) is 11.2. The summed E-state index contributed by atoms with van der Waals surface area (Å²) in [6.45, 7) is 1.62. The predicted octanol–water partition coefficient (Wildman–Crippen LogP) is 1.11. The Balaban J connectivity index is 2.23. The number of nitrogens with zero attached hydrogens (tertiary/aromatic N) is 1. The number of carbonyl (C=O) groups excluding carboxylic acids is 1. The lowest BCUT2D eigenvalue weighted by Gasteiger charge is -2.20. The highest BCUT2D eigenvalue weighted by Crippen LogP contribution is 2.32. The quantitative estimate of drug-likeness (QED) is 0.795. The summed E-state index contributed by atoms with van der Waals surface area (Å²) in [5.41, 5.74) is 0. The third kappa shape index (κ3) is 3.29. The first kappa shape index (κ1) is 14.8. The number of hydrogen-bond donors (Lipinski definition) is 1. The summed E-state index contributed by atoms with van der Waals surface area (Å²) < 4.78 is 31.0. The fourth-order valence-corrected chi connectivity index (χ4v) is 3.49. The largest absolute Gasteiger partial charge is 0.508 e. The van der Waals surface area contributed by atoms with Gasteiger partial charge in [0.05, 0.1) is 11.5 Å². The molecule has 1 aliphatic carbocycles. The van der Waals surface area contributed by atoms with Gasteiger partial charge in [-0.1, -0.05) is 0 Å². The fourth-order valence-electron chi connectivity index (χ4n) is 1.86. The average molecular weight is 299 g/mol. The number of sulfonamides is 1. The fraction of sp³-hybridized carbons (Fsp3) is 0.462. The monoisotopic (exact) mass is 299 g/mol. The molecule has 0 aliphatic heterocycles. The molecule has 0 heterocycles. The summed E-state index contributed by atoms with van der Waals surface area (Å²) in [7, 11) is -3.75. The van der Waals surface area contributed by atoms with Crippen LogP contribution in [0.15, 0.2) is 29.2 Å². The highest BCUT2D eigenvalue weighted by molar-refractivity contribution is 7.89. The molecule has 6 nitrogen and oxygen atoms in total. The zero-order chi connectivity index (χ0) is 14.8. The van der Waals surface area contributed by atoms with Crippen LogP contribution in [0.1, 0.15) is 19.8 Å². The highest BCUT2D eigenvalue weighted by atomic mass is 32.2. The Morgan fingerprint density at radius 3 is 2.45 bits per heavy atom. The van der Waals surface area contributed by atoms with Gasteiger partial charge in [-0.05, 0) is 44.0 Å². The van der Waals surface area contributed by atoms with Gasteiger partial charge < -0.3 is 9.84 Å². The van der Waals surface area contributed by atoms with E-state index in [9.17, 15) is 18.3 Å². The number of phenols is 1. The van der Waals surface area contributed by atoms with Crippen LogP contribution in [0.25, 0.3) is 0 Å². The Bertz CT molecular complexity index is 577. The van der Waals surface area contributed by atoms with Crippen molar-refractivity contribution in [1.82, 2.24) is 4.31 Å². The third-order valence-corrected chi connectivity index (χ3v) is 4.90. The van der Waals surface area contributed by atoms with Gasteiger partial charge in [0.2, 0.25) is 10.0 Å². The molecule has 0 aromatic heterocycles. The van der Waals surface area contributed by atoms with Gasteiger partial charge >= 0.3 is 5.97 Å². The number of esters is 1. The number of aromatic hydroxyl groups is 1. The first-order valence-electron chi connectivity index (χ1n) is 6.41. The Morgan fingerprint density at radius 1 is 1.35 bits per heavy atom. The van der Waals surface area contributed by atoms with Crippen molar-refractivity contribution < 1.29 is 23.1 Å². The molecule has 2 rings (SSSR count). The molecular weight excluding hydrogens is 282 g/mol. The number of ether oxygens (including phenoxy) is 1. The van der Waals surface area contributed by atoms with Crippen molar-refractivity contribution in [3.05, 3.63) is 24.3 Å². The van der Waals surface area contributed by atoms with E-state index in [-0.39, 0.29) is 29.8 Å². The minimum Gasteiger partial charge on any atom is -0.508 e. The topological polar surface area (TPSA) is 83.9 Å². The minimum atomic E-state index is -3.75. The molecule has 7 heteroatoms. The maximum absolute atomic E-state index is 12.5. The van der Waals surface area contributed by atoms with Crippen molar-refractivity contribution in [2.75, 3.05) is 13.2 Å². The maximum atomic E-state index is 12.5. The van der Waals surface area contributed by atoms with Crippen LogP contribution in [0.5, 0.6) is 5.75 Å². The van der Waals surface area contributed by atoms with Gasteiger partial charge in [-0.15, -0.1) is 0 Å². The lowest BCUT2D eigenvalue weighted by molar-refractivity contribution is -0.143. The number of benzene rings is 1. The predicted molar refractivity (Wildman–Crippen MR) is 71.7 cm³/mol. The summed E-state index contributed by atoms with van der Waals surface area (Å²) in [6.07, 6.45) is 1.49. The lowest BCUT2D eigenvalue weighted by Crippen LogP contribution is -2.38. The molecule has 1 aromatic carbocycles. The van der Waals surface area contributed by atoms with Gasteiger partial charge in [0, 0.05) is 6.04 Å². The summed E-state index contributed by atoms with van der Waals surface area (Å²) in [4.78, 5) is 11.6. The Labute approximate surface area is 118 Å². The van der Waals surface area contributed by atoms with Gasteiger partial charge in [-0.25, -0.2) is 8.42 Å².